The second-order valence-electron chi connectivity index (χ2n) is 8.47. The van der Waals surface area contributed by atoms with Crippen LogP contribution in [0.15, 0.2) is 60.8 Å². The van der Waals surface area contributed by atoms with Gasteiger partial charge in [0.2, 0.25) is 0 Å². The van der Waals surface area contributed by atoms with E-state index < -0.39 is 17.8 Å². The zero-order valence-corrected chi connectivity index (χ0v) is 20.1. The predicted octanol–water partition coefficient (Wildman–Crippen LogP) is 5.24. The number of hydrogen-bond donors (Lipinski definition) is 3. The van der Waals surface area contributed by atoms with E-state index in [-0.39, 0.29) is 30.0 Å². The summed E-state index contributed by atoms with van der Waals surface area (Å²) in [5.74, 6) is -0.459. The summed E-state index contributed by atoms with van der Waals surface area (Å²) in [6.45, 7) is 2.02. The van der Waals surface area contributed by atoms with E-state index >= 15 is 0 Å². The molecule has 8 heteroatoms. The van der Waals surface area contributed by atoms with E-state index in [1.165, 1.54) is 31.4 Å². The SMILES string of the molecule is CCCOc1ccc(-c2cc(OC)ccc2F)cc1C(=O)NC(CO)Cc1c[nH]c2ccc(F)cc12. The maximum atomic E-state index is 14.6. The molecule has 0 aliphatic carbocycles. The van der Waals surface area contributed by atoms with Crippen LogP contribution in [0.1, 0.15) is 29.3 Å². The molecule has 0 spiro atoms. The van der Waals surface area contributed by atoms with Crippen LogP contribution in [0, 0.1) is 11.6 Å². The first-order chi connectivity index (χ1) is 17.4. The van der Waals surface area contributed by atoms with Crippen molar-refractivity contribution in [3.05, 3.63) is 83.6 Å². The Hall–Kier alpha value is -3.91. The molecule has 0 bridgehead atoms. The standard InChI is InChI=1S/C28H28F2N2O4/c1-3-10-36-27-9-4-17(22-14-21(35-2)6-7-25(22)30)12-24(27)28(34)32-20(16-33)11-18-15-31-26-8-5-19(29)13-23(18)26/h4-9,12-15,20,31,33H,3,10-11,16H2,1-2H3,(H,32,34). The molecule has 1 atom stereocenters. The van der Waals surface area contributed by atoms with Gasteiger partial charge in [0.1, 0.15) is 23.1 Å². The molecule has 1 aromatic heterocycles. The summed E-state index contributed by atoms with van der Waals surface area (Å²) in [4.78, 5) is 16.4. The first kappa shape index (κ1) is 25.2. The summed E-state index contributed by atoms with van der Waals surface area (Å²) < 4.78 is 39.4. The Kier molecular flexibility index (Phi) is 7.85. The topological polar surface area (TPSA) is 83.6 Å². The second-order valence-corrected chi connectivity index (χ2v) is 8.47. The minimum absolute atomic E-state index is 0.214. The number of aromatic nitrogens is 1. The third kappa shape index (κ3) is 5.49. The van der Waals surface area contributed by atoms with Crippen LogP contribution in [0.3, 0.4) is 0 Å². The van der Waals surface area contributed by atoms with Crippen LogP contribution in [-0.2, 0) is 6.42 Å². The molecule has 1 heterocycles. The first-order valence-electron chi connectivity index (χ1n) is 11.7. The lowest BCUT2D eigenvalue weighted by atomic mass is 10.0. The Morgan fingerprint density at radius 2 is 1.94 bits per heavy atom. The third-order valence-corrected chi connectivity index (χ3v) is 5.92. The van der Waals surface area contributed by atoms with Crippen molar-refractivity contribution in [2.75, 3.05) is 20.3 Å². The zero-order valence-electron chi connectivity index (χ0n) is 20.1. The van der Waals surface area contributed by atoms with Crippen molar-refractivity contribution in [3.8, 4) is 22.6 Å². The molecule has 4 aromatic rings. The molecule has 6 nitrogen and oxygen atoms in total. The predicted molar refractivity (Wildman–Crippen MR) is 134 cm³/mol. The fraction of sp³-hybridized carbons (Fsp3) is 0.250. The lowest BCUT2D eigenvalue weighted by Gasteiger charge is -2.18. The van der Waals surface area contributed by atoms with Crippen molar-refractivity contribution < 1.29 is 28.2 Å². The van der Waals surface area contributed by atoms with E-state index in [1.807, 2.05) is 6.92 Å². The molecule has 0 saturated heterocycles. The molecule has 3 N–H and O–H groups in total. The molecule has 0 radical (unpaired) electrons. The highest BCUT2D eigenvalue weighted by molar-refractivity contribution is 5.98. The van der Waals surface area contributed by atoms with Gasteiger partial charge in [-0.25, -0.2) is 8.78 Å². The van der Waals surface area contributed by atoms with Crippen LogP contribution >= 0.6 is 0 Å². The monoisotopic (exact) mass is 494 g/mol. The molecule has 0 aliphatic heterocycles. The van der Waals surface area contributed by atoms with Crippen molar-refractivity contribution in [1.82, 2.24) is 10.3 Å². The van der Waals surface area contributed by atoms with Gasteiger partial charge in [-0.2, -0.15) is 0 Å². The lowest BCUT2D eigenvalue weighted by molar-refractivity contribution is 0.0912. The van der Waals surface area contributed by atoms with Crippen LogP contribution in [-0.4, -0.2) is 42.4 Å². The van der Waals surface area contributed by atoms with E-state index in [1.54, 1.807) is 36.5 Å². The van der Waals surface area contributed by atoms with Gasteiger partial charge < -0.3 is 24.9 Å². The maximum Gasteiger partial charge on any atom is 0.255 e. The minimum Gasteiger partial charge on any atom is -0.497 e. The molecular weight excluding hydrogens is 466 g/mol. The van der Waals surface area contributed by atoms with Crippen LogP contribution in [0.2, 0.25) is 0 Å². The van der Waals surface area contributed by atoms with E-state index in [4.69, 9.17) is 9.47 Å². The molecule has 1 amide bonds. The Labute approximate surface area is 207 Å². The van der Waals surface area contributed by atoms with Gasteiger partial charge in [0, 0.05) is 22.7 Å². The number of carbonyl (C=O) groups excluding carboxylic acids is 1. The van der Waals surface area contributed by atoms with Crippen molar-refractivity contribution in [1.29, 1.82) is 0 Å². The number of rotatable bonds is 10. The van der Waals surface area contributed by atoms with Crippen LogP contribution in [0.5, 0.6) is 11.5 Å². The molecule has 0 aliphatic rings. The van der Waals surface area contributed by atoms with E-state index in [0.717, 1.165) is 17.5 Å². The number of amides is 1. The molecular formula is C28H28F2N2O4. The molecule has 0 fully saturated rings. The number of fused-ring (bicyclic) bond motifs is 1. The Morgan fingerprint density at radius 3 is 2.69 bits per heavy atom. The Morgan fingerprint density at radius 1 is 1.11 bits per heavy atom. The van der Waals surface area contributed by atoms with Gasteiger partial charge in [0.05, 0.1) is 31.9 Å². The zero-order chi connectivity index (χ0) is 25.7. The molecule has 1 unspecified atom stereocenters. The molecule has 4 rings (SSSR count). The minimum atomic E-state index is -0.643. The number of benzene rings is 3. The van der Waals surface area contributed by atoms with Crippen LogP contribution in [0.25, 0.3) is 22.0 Å². The highest BCUT2D eigenvalue weighted by atomic mass is 19.1. The number of ether oxygens (including phenoxy) is 2. The average molecular weight is 495 g/mol. The highest BCUT2D eigenvalue weighted by Crippen LogP contribution is 2.31. The lowest BCUT2D eigenvalue weighted by Crippen LogP contribution is -2.39. The van der Waals surface area contributed by atoms with Gasteiger partial charge in [0.15, 0.2) is 0 Å². The number of methoxy groups -OCH3 is 1. The summed E-state index contributed by atoms with van der Waals surface area (Å²) in [5.41, 5.74) is 2.50. The fourth-order valence-corrected chi connectivity index (χ4v) is 4.07. The molecule has 188 valence electrons. The molecule has 36 heavy (non-hydrogen) atoms. The van der Waals surface area contributed by atoms with E-state index in [9.17, 15) is 18.7 Å². The smallest absolute Gasteiger partial charge is 0.255 e. The van der Waals surface area contributed by atoms with Crippen LogP contribution < -0.4 is 14.8 Å². The Bertz CT molecular complexity index is 1370. The number of aliphatic hydroxyl groups excluding tert-OH is 1. The van der Waals surface area contributed by atoms with Crippen molar-refractivity contribution in [2.45, 2.75) is 25.8 Å². The van der Waals surface area contributed by atoms with Crippen molar-refractivity contribution in [3.63, 3.8) is 0 Å². The van der Waals surface area contributed by atoms with Crippen molar-refractivity contribution in [2.24, 2.45) is 0 Å². The number of hydrogen-bond acceptors (Lipinski definition) is 4. The summed E-state index contributed by atoms with van der Waals surface area (Å²) in [6.07, 6.45) is 2.76. The average Bonchev–Trinajstić information content (AvgIpc) is 3.28. The number of nitrogens with one attached hydrogen (secondary N) is 2. The van der Waals surface area contributed by atoms with Gasteiger partial charge in [-0.3, -0.25) is 4.79 Å². The normalized spacial score (nSPS) is 11.9. The number of aliphatic hydroxyl groups is 1. The highest BCUT2D eigenvalue weighted by Gasteiger charge is 2.20. The van der Waals surface area contributed by atoms with Crippen molar-refractivity contribution >= 4 is 16.8 Å². The largest absolute Gasteiger partial charge is 0.497 e. The van der Waals surface area contributed by atoms with Gasteiger partial charge in [0.25, 0.3) is 5.91 Å². The maximum absolute atomic E-state index is 14.6. The quantitative estimate of drug-likeness (QED) is 0.281. The Balaban J connectivity index is 1.63. The summed E-state index contributed by atoms with van der Waals surface area (Å²) in [6, 6.07) is 13.1. The summed E-state index contributed by atoms with van der Waals surface area (Å²) >= 11 is 0. The van der Waals surface area contributed by atoms with Crippen LogP contribution in [0.4, 0.5) is 8.78 Å². The molecule has 0 saturated carbocycles. The summed E-state index contributed by atoms with van der Waals surface area (Å²) in [7, 11) is 1.49. The number of H-pyrrole nitrogens is 1. The van der Waals surface area contributed by atoms with Gasteiger partial charge >= 0.3 is 0 Å². The second kappa shape index (κ2) is 11.2. The third-order valence-electron chi connectivity index (χ3n) is 5.92. The van der Waals surface area contributed by atoms with Gasteiger partial charge in [-0.15, -0.1) is 0 Å². The molecule has 3 aromatic carbocycles. The van der Waals surface area contributed by atoms with Gasteiger partial charge in [-0.05, 0) is 72.5 Å². The van der Waals surface area contributed by atoms with E-state index in [2.05, 4.69) is 10.3 Å². The first-order valence-corrected chi connectivity index (χ1v) is 11.7. The number of carbonyl (C=O) groups is 1. The fourth-order valence-electron chi connectivity index (χ4n) is 4.07. The number of aromatic amines is 1. The summed E-state index contributed by atoms with van der Waals surface area (Å²) in [5, 5.41) is 13.5. The van der Waals surface area contributed by atoms with Gasteiger partial charge in [-0.1, -0.05) is 13.0 Å². The van der Waals surface area contributed by atoms with E-state index in [0.29, 0.717) is 29.1 Å². The number of halogens is 2.